The lowest BCUT2D eigenvalue weighted by molar-refractivity contribution is 0.00574. The smallest absolute Gasteiger partial charge is 0.330 e. The highest BCUT2D eigenvalue weighted by molar-refractivity contribution is 7.51. The third-order valence-corrected chi connectivity index (χ3v) is 4.11. The molecule has 0 bridgehead atoms. The molecule has 0 saturated carbocycles. The minimum absolute atomic E-state index is 0.0696. The van der Waals surface area contributed by atoms with Crippen LogP contribution in [0, 0.1) is 6.92 Å². The Morgan fingerprint density at radius 2 is 2.27 bits per heavy atom. The third-order valence-electron chi connectivity index (χ3n) is 3.28. The fraction of sp³-hybridized carbons (Fsp3) is 0.600. The van der Waals surface area contributed by atoms with Crippen LogP contribution in [-0.2, 0) is 9.30 Å². The Morgan fingerprint density at radius 1 is 1.59 bits per heavy atom. The molecule has 22 heavy (non-hydrogen) atoms. The number of hydrogen-bond donors (Lipinski definition) is 3. The van der Waals surface area contributed by atoms with Crippen LogP contribution in [0.3, 0.4) is 0 Å². The van der Waals surface area contributed by atoms with Crippen molar-refractivity contribution in [2.75, 3.05) is 6.16 Å². The van der Waals surface area contributed by atoms with Crippen LogP contribution in [0.2, 0.25) is 0 Å². The Bertz CT molecular complexity index is 775. The summed E-state index contributed by atoms with van der Waals surface area (Å²) in [5.74, 6) is 0. The minimum Gasteiger partial charge on any atom is -0.354 e. The van der Waals surface area contributed by atoms with Crippen LogP contribution >= 0.6 is 7.60 Å². The van der Waals surface area contributed by atoms with Crippen molar-refractivity contribution in [2.45, 2.75) is 31.7 Å². The lowest BCUT2D eigenvalue weighted by atomic mass is 10.1. The van der Waals surface area contributed by atoms with E-state index < -0.39 is 43.4 Å². The minimum atomic E-state index is -4.38. The summed E-state index contributed by atoms with van der Waals surface area (Å²) in [6.07, 6.45) is -1.15. The number of nitrogens with zero attached hydrogens (tertiary/aromatic N) is 4. The molecule has 0 radical (unpaired) electrons. The van der Waals surface area contributed by atoms with Crippen LogP contribution in [0.15, 0.2) is 20.9 Å². The highest BCUT2D eigenvalue weighted by Crippen LogP contribution is 2.41. The highest BCUT2D eigenvalue weighted by Gasteiger charge is 2.39. The molecule has 0 unspecified atom stereocenters. The van der Waals surface area contributed by atoms with Gasteiger partial charge < -0.3 is 14.5 Å². The van der Waals surface area contributed by atoms with Gasteiger partial charge in [0.1, 0.15) is 6.23 Å². The van der Waals surface area contributed by atoms with Crippen LogP contribution in [0.5, 0.6) is 0 Å². The van der Waals surface area contributed by atoms with Crippen molar-refractivity contribution in [2.24, 2.45) is 5.11 Å². The van der Waals surface area contributed by atoms with Crippen molar-refractivity contribution in [1.82, 2.24) is 9.55 Å². The lowest BCUT2D eigenvalue weighted by Crippen LogP contribution is -2.33. The fourth-order valence-electron chi connectivity index (χ4n) is 2.27. The first-order chi connectivity index (χ1) is 10.2. The zero-order chi connectivity index (χ0) is 16.5. The second-order valence-corrected chi connectivity index (χ2v) is 6.66. The van der Waals surface area contributed by atoms with Crippen LogP contribution in [0.25, 0.3) is 10.4 Å². The molecule has 3 N–H and O–H groups in total. The molecule has 1 aliphatic rings. The zero-order valence-electron chi connectivity index (χ0n) is 11.5. The van der Waals surface area contributed by atoms with Gasteiger partial charge in [-0.2, -0.15) is 0 Å². The van der Waals surface area contributed by atoms with E-state index in [0.29, 0.717) is 0 Å². The average molecular weight is 331 g/mol. The maximum Gasteiger partial charge on any atom is 0.330 e. The standard InChI is InChI=1S/C10H14N5O6P/c1-5-3-15(10(17)12-9(5)16)8-2-6(13-14-11)7(21-8)4-22(18,19)20/h3,6-8H,2,4H2,1H3,(H,12,16,17)(H2,18,19,20)/t6-,7+,8+/m0/s1. The number of aryl methyl sites for hydroxylation is 1. The van der Waals surface area contributed by atoms with E-state index in [1.807, 2.05) is 0 Å². The predicted molar refractivity (Wildman–Crippen MR) is 74.4 cm³/mol. The van der Waals surface area contributed by atoms with Gasteiger partial charge in [-0.25, -0.2) is 4.79 Å². The second kappa shape index (κ2) is 6.07. The van der Waals surface area contributed by atoms with Gasteiger partial charge in [0.15, 0.2) is 0 Å². The van der Waals surface area contributed by atoms with E-state index in [1.54, 1.807) is 0 Å². The van der Waals surface area contributed by atoms with Crippen molar-refractivity contribution in [3.63, 3.8) is 0 Å². The zero-order valence-corrected chi connectivity index (χ0v) is 12.4. The Balaban J connectivity index is 2.33. The summed E-state index contributed by atoms with van der Waals surface area (Å²) < 4.78 is 17.7. The molecular weight excluding hydrogens is 317 g/mol. The van der Waals surface area contributed by atoms with Crippen molar-refractivity contribution < 1.29 is 19.1 Å². The van der Waals surface area contributed by atoms with E-state index in [9.17, 15) is 14.2 Å². The Labute approximate surface area is 123 Å². The molecule has 1 fully saturated rings. The molecule has 0 spiro atoms. The third kappa shape index (κ3) is 3.65. The molecule has 1 saturated heterocycles. The number of aromatic amines is 1. The van der Waals surface area contributed by atoms with Gasteiger partial charge in [0, 0.05) is 23.1 Å². The number of hydrogen-bond acceptors (Lipinski definition) is 5. The summed E-state index contributed by atoms with van der Waals surface area (Å²) >= 11 is 0. The van der Waals surface area contributed by atoms with Crippen LogP contribution in [0.1, 0.15) is 18.2 Å². The summed E-state index contributed by atoms with van der Waals surface area (Å²) in [5.41, 5.74) is 7.57. The molecule has 2 rings (SSSR count). The average Bonchev–Trinajstić information content (AvgIpc) is 2.75. The molecule has 12 heteroatoms. The molecule has 1 aliphatic heterocycles. The summed E-state index contributed by atoms with van der Waals surface area (Å²) in [6.45, 7) is 1.50. The predicted octanol–water partition coefficient (Wildman–Crippen LogP) is -0.0109. The first kappa shape index (κ1) is 16.5. The van der Waals surface area contributed by atoms with E-state index in [4.69, 9.17) is 20.1 Å². The SMILES string of the molecule is Cc1cn([C@H]2C[C@H](N=[N+]=[N-])[C@@H](CP(=O)(O)O)O2)c(=O)[nH]c1=O. The van der Waals surface area contributed by atoms with Gasteiger partial charge in [0.05, 0.1) is 18.3 Å². The second-order valence-electron chi connectivity index (χ2n) is 4.96. The number of H-pyrrole nitrogens is 1. The summed E-state index contributed by atoms with van der Waals surface area (Å²) in [7, 11) is -4.38. The monoisotopic (exact) mass is 331 g/mol. The Kier molecular flexibility index (Phi) is 4.55. The lowest BCUT2D eigenvalue weighted by Gasteiger charge is -2.17. The van der Waals surface area contributed by atoms with E-state index >= 15 is 0 Å². The normalized spacial score (nSPS) is 25.0. The van der Waals surface area contributed by atoms with Gasteiger partial charge >= 0.3 is 13.3 Å². The van der Waals surface area contributed by atoms with Crippen molar-refractivity contribution >= 4 is 7.60 Å². The van der Waals surface area contributed by atoms with Gasteiger partial charge in [-0.05, 0) is 12.5 Å². The number of rotatable bonds is 4. The number of aromatic nitrogens is 2. The van der Waals surface area contributed by atoms with Gasteiger partial charge in [0.25, 0.3) is 5.56 Å². The molecule has 0 aliphatic carbocycles. The van der Waals surface area contributed by atoms with Gasteiger partial charge in [-0.1, -0.05) is 5.11 Å². The van der Waals surface area contributed by atoms with Crippen LogP contribution < -0.4 is 11.2 Å². The fourth-order valence-corrected chi connectivity index (χ4v) is 3.07. The summed E-state index contributed by atoms with van der Waals surface area (Å²) in [5, 5.41) is 3.46. The number of ether oxygens (including phenoxy) is 1. The van der Waals surface area contributed by atoms with E-state index in [0.717, 1.165) is 4.57 Å². The van der Waals surface area contributed by atoms with Crippen LogP contribution in [0.4, 0.5) is 0 Å². The maximum absolute atomic E-state index is 11.8. The van der Waals surface area contributed by atoms with Gasteiger partial charge in [-0.15, -0.1) is 0 Å². The molecule has 1 aromatic rings. The van der Waals surface area contributed by atoms with E-state index in [2.05, 4.69) is 15.0 Å². The first-order valence-electron chi connectivity index (χ1n) is 6.27. The molecule has 0 aromatic carbocycles. The van der Waals surface area contributed by atoms with Crippen molar-refractivity contribution in [3.8, 4) is 0 Å². The number of nitrogens with one attached hydrogen (secondary N) is 1. The topological polar surface area (TPSA) is 170 Å². The Morgan fingerprint density at radius 3 is 2.86 bits per heavy atom. The van der Waals surface area contributed by atoms with Crippen LogP contribution in [-0.4, -0.2) is 37.6 Å². The first-order valence-corrected chi connectivity index (χ1v) is 8.07. The van der Waals surface area contributed by atoms with Crippen molar-refractivity contribution in [3.05, 3.63) is 43.0 Å². The van der Waals surface area contributed by atoms with Gasteiger partial charge in [0.2, 0.25) is 0 Å². The highest BCUT2D eigenvalue weighted by atomic mass is 31.2. The summed E-state index contributed by atoms with van der Waals surface area (Å²) in [4.78, 5) is 46.0. The van der Waals surface area contributed by atoms with E-state index in [-0.39, 0.29) is 12.0 Å². The van der Waals surface area contributed by atoms with Crippen molar-refractivity contribution in [1.29, 1.82) is 0 Å². The molecule has 2 heterocycles. The Hall–Kier alpha value is -1.90. The molecular formula is C10H14N5O6P. The molecule has 1 aromatic heterocycles. The molecule has 120 valence electrons. The molecule has 11 nitrogen and oxygen atoms in total. The molecule has 0 amide bonds. The largest absolute Gasteiger partial charge is 0.354 e. The number of azide groups is 1. The van der Waals surface area contributed by atoms with E-state index in [1.165, 1.54) is 13.1 Å². The maximum atomic E-state index is 11.8. The summed E-state index contributed by atoms with van der Waals surface area (Å²) in [6, 6.07) is -0.818. The van der Waals surface area contributed by atoms with Gasteiger partial charge in [-0.3, -0.25) is 18.9 Å². The molecule has 3 atom stereocenters. The quantitative estimate of drug-likeness (QED) is 0.303.